The molecule has 0 unspecified atom stereocenters. The fraction of sp³-hybridized carbons (Fsp3) is 0.533. The molecule has 0 aliphatic rings. The van der Waals surface area contributed by atoms with Crippen molar-refractivity contribution in [1.29, 1.82) is 0 Å². The van der Waals surface area contributed by atoms with Gasteiger partial charge in [0.1, 0.15) is 5.52 Å². The van der Waals surface area contributed by atoms with Crippen molar-refractivity contribution in [2.45, 2.75) is 46.5 Å². The molecule has 0 aliphatic heterocycles. The average molecular weight is 310 g/mol. The fourth-order valence-corrected chi connectivity index (χ4v) is 2.48. The molecule has 3 heteroatoms. The van der Waals surface area contributed by atoms with E-state index < -0.39 is 0 Å². The first-order valence-electron chi connectivity index (χ1n) is 6.37. The average Bonchev–Trinajstić information content (AvgIpc) is 2.55. The molecule has 2 aromatic rings. The lowest BCUT2D eigenvalue weighted by molar-refractivity contribution is 0.474. The smallest absolute Gasteiger partial charge is 0.195 e. The van der Waals surface area contributed by atoms with E-state index in [1.54, 1.807) is 0 Å². The van der Waals surface area contributed by atoms with Gasteiger partial charge in [0.25, 0.3) is 0 Å². The number of hydrogen-bond donors (Lipinski definition) is 0. The molecule has 0 spiro atoms. The van der Waals surface area contributed by atoms with Gasteiger partial charge in [0.2, 0.25) is 0 Å². The number of halogens is 1. The predicted octanol–water partition coefficient (Wildman–Crippen LogP) is 5.09. The minimum absolute atomic E-state index is 0.0522. The molecule has 0 aliphatic carbocycles. The summed E-state index contributed by atoms with van der Waals surface area (Å²) in [7, 11) is 0. The molecule has 0 bridgehead atoms. The van der Waals surface area contributed by atoms with E-state index in [1.807, 2.05) is 6.07 Å². The van der Waals surface area contributed by atoms with Gasteiger partial charge in [-0.3, -0.25) is 0 Å². The summed E-state index contributed by atoms with van der Waals surface area (Å²) < 4.78 is 7.02. The lowest BCUT2D eigenvalue weighted by atomic mass is 9.86. The van der Waals surface area contributed by atoms with E-state index in [2.05, 4.69) is 61.6 Å². The molecule has 2 rings (SSSR count). The Bertz CT molecular complexity index is 564. The molecular formula is C15H20BrNO. The minimum Gasteiger partial charge on any atom is -0.440 e. The van der Waals surface area contributed by atoms with Crippen LogP contribution in [0.1, 0.15) is 46.1 Å². The molecule has 1 heterocycles. The Morgan fingerprint density at radius 1 is 1.28 bits per heavy atom. The van der Waals surface area contributed by atoms with E-state index in [-0.39, 0.29) is 5.41 Å². The third kappa shape index (κ3) is 2.77. The normalized spacial score (nSPS) is 12.6. The first kappa shape index (κ1) is 13.6. The van der Waals surface area contributed by atoms with Gasteiger partial charge in [-0.05, 0) is 23.5 Å². The fourth-order valence-electron chi connectivity index (χ4n) is 2.04. The molecule has 0 saturated carbocycles. The van der Waals surface area contributed by atoms with E-state index in [4.69, 9.17) is 4.42 Å². The maximum atomic E-state index is 5.96. The summed E-state index contributed by atoms with van der Waals surface area (Å²) in [5.41, 5.74) is 3.14. The molecule has 0 amide bonds. The van der Waals surface area contributed by atoms with Crippen LogP contribution in [0.5, 0.6) is 0 Å². The number of nitrogens with zero attached hydrogens (tertiary/aromatic N) is 1. The van der Waals surface area contributed by atoms with Crippen LogP contribution in [0, 0.1) is 5.92 Å². The van der Waals surface area contributed by atoms with Crippen molar-refractivity contribution in [2.24, 2.45) is 5.92 Å². The highest BCUT2D eigenvalue weighted by Crippen LogP contribution is 2.33. The maximum absolute atomic E-state index is 5.96. The molecule has 0 saturated heterocycles. The van der Waals surface area contributed by atoms with E-state index in [1.165, 1.54) is 5.56 Å². The topological polar surface area (TPSA) is 26.0 Å². The number of fused-ring (bicyclic) bond motifs is 1. The van der Waals surface area contributed by atoms with Crippen LogP contribution in [0.15, 0.2) is 21.0 Å². The van der Waals surface area contributed by atoms with Gasteiger partial charge in [-0.1, -0.05) is 50.5 Å². The van der Waals surface area contributed by atoms with Crippen LogP contribution < -0.4 is 0 Å². The third-order valence-corrected chi connectivity index (χ3v) is 3.35. The number of rotatable bonds is 2. The molecule has 1 aromatic carbocycles. The van der Waals surface area contributed by atoms with Crippen molar-refractivity contribution < 1.29 is 4.42 Å². The van der Waals surface area contributed by atoms with Crippen molar-refractivity contribution in [3.63, 3.8) is 0 Å². The quantitative estimate of drug-likeness (QED) is 0.772. The van der Waals surface area contributed by atoms with Crippen LogP contribution in [0.3, 0.4) is 0 Å². The lowest BCUT2D eigenvalue weighted by Gasteiger charge is -2.19. The Morgan fingerprint density at radius 2 is 1.94 bits per heavy atom. The molecule has 0 N–H and O–H groups in total. The van der Waals surface area contributed by atoms with Crippen LogP contribution in [0.2, 0.25) is 0 Å². The molecule has 1 aromatic heterocycles. The summed E-state index contributed by atoms with van der Waals surface area (Å²) in [6.45, 7) is 10.9. The number of oxazole rings is 1. The van der Waals surface area contributed by atoms with Gasteiger partial charge in [0, 0.05) is 16.5 Å². The monoisotopic (exact) mass is 309 g/mol. The van der Waals surface area contributed by atoms with Gasteiger partial charge in [-0.2, -0.15) is 0 Å². The standard InChI is InChI=1S/C15H20BrNO/c1-9(2)6-13-17-12-8-10(16)7-11(14(12)18-13)15(3,4)5/h7-9H,6H2,1-5H3. The number of hydrogen-bond acceptors (Lipinski definition) is 2. The molecule has 0 atom stereocenters. The van der Waals surface area contributed by atoms with E-state index in [0.717, 1.165) is 27.9 Å². The van der Waals surface area contributed by atoms with Crippen molar-refractivity contribution in [3.8, 4) is 0 Å². The molecule has 0 fully saturated rings. The van der Waals surface area contributed by atoms with E-state index in [9.17, 15) is 0 Å². The van der Waals surface area contributed by atoms with Crippen molar-refractivity contribution in [1.82, 2.24) is 4.98 Å². The molecule has 18 heavy (non-hydrogen) atoms. The van der Waals surface area contributed by atoms with Crippen LogP contribution in [0.25, 0.3) is 11.1 Å². The Morgan fingerprint density at radius 3 is 2.50 bits per heavy atom. The van der Waals surface area contributed by atoms with Gasteiger partial charge in [-0.25, -0.2) is 4.98 Å². The summed E-state index contributed by atoms with van der Waals surface area (Å²) in [5, 5.41) is 0. The summed E-state index contributed by atoms with van der Waals surface area (Å²) in [6, 6.07) is 4.16. The molecule has 0 radical (unpaired) electrons. The SMILES string of the molecule is CC(C)Cc1nc2cc(Br)cc(C(C)(C)C)c2o1. The minimum atomic E-state index is 0.0522. The maximum Gasteiger partial charge on any atom is 0.195 e. The highest BCUT2D eigenvalue weighted by atomic mass is 79.9. The van der Waals surface area contributed by atoms with Crippen molar-refractivity contribution >= 4 is 27.0 Å². The zero-order valence-electron chi connectivity index (χ0n) is 11.7. The molecular weight excluding hydrogens is 290 g/mol. The molecule has 2 nitrogen and oxygen atoms in total. The predicted molar refractivity (Wildman–Crippen MR) is 79.0 cm³/mol. The Hall–Kier alpha value is -0.830. The first-order valence-corrected chi connectivity index (χ1v) is 7.16. The van der Waals surface area contributed by atoms with Crippen molar-refractivity contribution in [2.75, 3.05) is 0 Å². The van der Waals surface area contributed by atoms with E-state index >= 15 is 0 Å². The largest absolute Gasteiger partial charge is 0.440 e. The zero-order chi connectivity index (χ0) is 13.5. The van der Waals surface area contributed by atoms with Crippen LogP contribution >= 0.6 is 15.9 Å². The van der Waals surface area contributed by atoms with Crippen LogP contribution in [-0.4, -0.2) is 4.98 Å². The van der Waals surface area contributed by atoms with Crippen LogP contribution in [-0.2, 0) is 11.8 Å². The summed E-state index contributed by atoms with van der Waals surface area (Å²) in [5.74, 6) is 1.39. The Kier molecular flexibility index (Phi) is 3.54. The number of aromatic nitrogens is 1. The summed E-state index contributed by atoms with van der Waals surface area (Å²) in [4.78, 5) is 4.59. The van der Waals surface area contributed by atoms with E-state index in [0.29, 0.717) is 5.92 Å². The van der Waals surface area contributed by atoms with Gasteiger partial charge in [0.15, 0.2) is 11.5 Å². The van der Waals surface area contributed by atoms with Crippen molar-refractivity contribution in [3.05, 3.63) is 28.1 Å². The Labute approximate surface area is 117 Å². The third-order valence-electron chi connectivity index (χ3n) is 2.89. The second kappa shape index (κ2) is 4.69. The zero-order valence-corrected chi connectivity index (χ0v) is 13.3. The lowest BCUT2D eigenvalue weighted by Crippen LogP contribution is -2.11. The summed E-state index contributed by atoms with van der Waals surface area (Å²) >= 11 is 3.55. The number of benzene rings is 1. The van der Waals surface area contributed by atoms with Gasteiger partial charge >= 0.3 is 0 Å². The summed E-state index contributed by atoms with van der Waals surface area (Å²) in [6.07, 6.45) is 0.885. The van der Waals surface area contributed by atoms with Gasteiger partial charge in [-0.15, -0.1) is 0 Å². The second-order valence-electron chi connectivity index (χ2n) is 6.26. The highest BCUT2D eigenvalue weighted by molar-refractivity contribution is 9.10. The molecule has 98 valence electrons. The van der Waals surface area contributed by atoms with Gasteiger partial charge < -0.3 is 4.42 Å². The van der Waals surface area contributed by atoms with Crippen LogP contribution in [0.4, 0.5) is 0 Å². The van der Waals surface area contributed by atoms with Gasteiger partial charge in [0.05, 0.1) is 0 Å². The second-order valence-corrected chi connectivity index (χ2v) is 7.17. The highest BCUT2D eigenvalue weighted by Gasteiger charge is 2.21. The first-order chi connectivity index (χ1) is 8.27. The Balaban J connectivity index is 2.60.